The quantitative estimate of drug-likeness (QED) is 0.563. The van der Waals surface area contributed by atoms with Gasteiger partial charge in [0, 0.05) is 45.3 Å². The van der Waals surface area contributed by atoms with Gasteiger partial charge in [-0.25, -0.2) is 8.42 Å². The van der Waals surface area contributed by atoms with E-state index in [1.807, 2.05) is 17.0 Å². The number of piperazine rings is 1. The Balaban J connectivity index is 1.61. The van der Waals surface area contributed by atoms with Crippen molar-refractivity contribution < 1.29 is 8.42 Å². The number of aromatic nitrogens is 1. The number of nitrogens with one attached hydrogen (secondary N) is 2. The summed E-state index contributed by atoms with van der Waals surface area (Å²) < 4.78 is 24.5. The monoisotopic (exact) mass is 368 g/mol. The van der Waals surface area contributed by atoms with Crippen molar-refractivity contribution in [2.45, 2.75) is 6.42 Å². The molecule has 24 heavy (non-hydrogen) atoms. The van der Waals surface area contributed by atoms with Crippen molar-refractivity contribution in [1.29, 1.82) is 0 Å². The minimum Gasteiger partial charge on any atom is -0.383 e. The molecule has 0 bridgehead atoms. The van der Waals surface area contributed by atoms with Crippen molar-refractivity contribution in [1.82, 2.24) is 19.6 Å². The summed E-state index contributed by atoms with van der Waals surface area (Å²) >= 11 is 5.38. The van der Waals surface area contributed by atoms with Gasteiger partial charge < -0.3 is 10.2 Å². The Morgan fingerprint density at radius 3 is 2.83 bits per heavy atom. The summed E-state index contributed by atoms with van der Waals surface area (Å²) in [6.45, 7) is 2.79. The van der Waals surface area contributed by atoms with E-state index in [-0.39, 0.29) is 0 Å². The van der Waals surface area contributed by atoms with E-state index in [9.17, 15) is 8.42 Å². The first-order chi connectivity index (χ1) is 11.4. The molecule has 2 aliphatic heterocycles. The zero-order valence-electron chi connectivity index (χ0n) is 13.4. The van der Waals surface area contributed by atoms with Crippen molar-refractivity contribution in [2.24, 2.45) is 5.10 Å². The van der Waals surface area contributed by atoms with Crippen LogP contribution in [0.4, 0.5) is 5.69 Å². The zero-order chi connectivity index (χ0) is 17.2. The van der Waals surface area contributed by atoms with Crippen LogP contribution in [0, 0.1) is 0 Å². The number of thiocarbonyl (C=S) groups is 1. The van der Waals surface area contributed by atoms with E-state index in [0.29, 0.717) is 31.3 Å². The van der Waals surface area contributed by atoms with Gasteiger partial charge in [0.05, 0.1) is 17.7 Å². The molecule has 0 aliphatic carbocycles. The van der Waals surface area contributed by atoms with Crippen LogP contribution in [0.1, 0.15) is 12.1 Å². The van der Waals surface area contributed by atoms with Crippen LogP contribution in [0.5, 0.6) is 0 Å². The van der Waals surface area contributed by atoms with E-state index in [1.165, 1.54) is 10.6 Å². The maximum Gasteiger partial charge on any atom is 0.211 e. The van der Waals surface area contributed by atoms with Crippen LogP contribution in [-0.4, -0.2) is 72.4 Å². The summed E-state index contributed by atoms with van der Waals surface area (Å²) in [6.07, 6.45) is 3.73. The van der Waals surface area contributed by atoms with Crippen LogP contribution in [0.25, 0.3) is 0 Å². The topological polar surface area (TPSA) is 89.9 Å². The molecule has 3 rings (SSSR count). The van der Waals surface area contributed by atoms with Crippen molar-refractivity contribution in [3.8, 4) is 0 Å². The highest BCUT2D eigenvalue weighted by atomic mass is 32.2. The van der Waals surface area contributed by atoms with Crippen LogP contribution in [0.15, 0.2) is 23.4 Å². The largest absolute Gasteiger partial charge is 0.383 e. The van der Waals surface area contributed by atoms with Crippen molar-refractivity contribution in [3.05, 3.63) is 24.0 Å². The predicted molar refractivity (Wildman–Crippen MR) is 97.6 cm³/mol. The SMILES string of the molecule is CS(=O)(=O)N1CCN(C(=S)N/N=C2/CCNc3cccnc32)CC1. The van der Waals surface area contributed by atoms with Crippen molar-refractivity contribution in [3.63, 3.8) is 0 Å². The lowest BCUT2D eigenvalue weighted by Gasteiger charge is -2.34. The molecule has 1 aromatic heterocycles. The van der Waals surface area contributed by atoms with Crippen LogP contribution in [-0.2, 0) is 10.0 Å². The molecule has 1 saturated heterocycles. The minimum absolute atomic E-state index is 0.436. The molecule has 130 valence electrons. The second-order valence-electron chi connectivity index (χ2n) is 5.70. The molecule has 1 fully saturated rings. The van der Waals surface area contributed by atoms with E-state index in [4.69, 9.17) is 12.2 Å². The zero-order valence-corrected chi connectivity index (χ0v) is 15.0. The molecular weight excluding hydrogens is 348 g/mol. The highest BCUT2D eigenvalue weighted by molar-refractivity contribution is 7.88. The molecule has 0 radical (unpaired) electrons. The van der Waals surface area contributed by atoms with Crippen LogP contribution in [0.2, 0.25) is 0 Å². The number of nitrogens with zero attached hydrogens (tertiary/aromatic N) is 4. The Hall–Kier alpha value is -1.78. The van der Waals surface area contributed by atoms with Crippen molar-refractivity contribution >= 4 is 38.8 Å². The number of rotatable bonds is 2. The number of hydrogen-bond acceptors (Lipinski definition) is 6. The number of anilines is 1. The molecule has 2 N–H and O–H groups in total. The normalized spacial score (nSPS) is 20.4. The number of pyridine rings is 1. The molecule has 0 amide bonds. The van der Waals surface area contributed by atoms with Crippen LogP contribution in [0.3, 0.4) is 0 Å². The second-order valence-corrected chi connectivity index (χ2v) is 8.07. The molecular formula is C14H20N6O2S2. The van der Waals surface area contributed by atoms with Crippen LogP contribution >= 0.6 is 12.2 Å². The van der Waals surface area contributed by atoms with E-state index in [1.54, 1.807) is 6.20 Å². The van der Waals surface area contributed by atoms with Gasteiger partial charge in [-0.1, -0.05) is 0 Å². The third kappa shape index (κ3) is 3.82. The fourth-order valence-electron chi connectivity index (χ4n) is 2.73. The fraction of sp³-hybridized carbons (Fsp3) is 0.500. The highest BCUT2D eigenvalue weighted by Crippen LogP contribution is 2.19. The average Bonchev–Trinajstić information content (AvgIpc) is 2.59. The molecule has 2 aliphatic rings. The molecule has 0 atom stereocenters. The summed E-state index contributed by atoms with van der Waals surface area (Å²) in [5.74, 6) is 0. The van der Waals surface area contributed by atoms with Gasteiger partial charge in [0.2, 0.25) is 10.0 Å². The molecule has 0 unspecified atom stereocenters. The summed E-state index contributed by atoms with van der Waals surface area (Å²) in [7, 11) is -3.14. The lowest BCUT2D eigenvalue weighted by atomic mass is 10.1. The number of sulfonamides is 1. The third-order valence-electron chi connectivity index (χ3n) is 4.04. The molecule has 1 aromatic rings. The Kier molecular flexibility index (Phi) is 4.97. The standard InChI is InChI=1S/C14H20N6O2S2/c1-24(21,22)20-9-7-19(8-10-20)14(23)18-17-12-4-6-15-11-3-2-5-16-13(11)12/h2-3,5,15H,4,6-10H2,1H3,(H,18,23)/b17-12-. The predicted octanol–water partition coefficient (Wildman–Crippen LogP) is 0.0530. The number of fused-ring (bicyclic) bond motifs is 1. The lowest BCUT2D eigenvalue weighted by molar-refractivity contribution is 0.265. The molecule has 10 heteroatoms. The molecule has 8 nitrogen and oxygen atoms in total. The maximum absolute atomic E-state index is 11.5. The molecule has 3 heterocycles. The van der Waals surface area contributed by atoms with Gasteiger partial charge in [0.25, 0.3) is 0 Å². The van der Waals surface area contributed by atoms with Gasteiger partial charge in [0.1, 0.15) is 5.69 Å². The van der Waals surface area contributed by atoms with E-state index in [0.717, 1.165) is 30.1 Å². The van der Waals surface area contributed by atoms with Gasteiger partial charge in [-0.15, -0.1) is 0 Å². The second kappa shape index (κ2) is 6.99. The summed E-state index contributed by atoms with van der Waals surface area (Å²) in [6, 6.07) is 3.86. The van der Waals surface area contributed by atoms with Gasteiger partial charge >= 0.3 is 0 Å². The fourth-order valence-corrected chi connectivity index (χ4v) is 3.78. The Bertz CT molecular complexity index is 756. The maximum atomic E-state index is 11.5. The smallest absolute Gasteiger partial charge is 0.211 e. The number of hydrazone groups is 1. The summed E-state index contributed by atoms with van der Waals surface area (Å²) in [5.41, 5.74) is 5.59. The van der Waals surface area contributed by atoms with E-state index >= 15 is 0 Å². The van der Waals surface area contributed by atoms with Gasteiger partial charge in [-0.2, -0.15) is 9.41 Å². The van der Waals surface area contributed by atoms with Gasteiger partial charge in [0.15, 0.2) is 5.11 Å². The molecule has 0 saturated carbocycles. The first kappa shape index (κ1) is 17.1. The highest BCUT2D eigenvalue weighted by Gasteiger charge is 2.24. The lowest BCUT2D eigenvalue weighted by Crippen LogP contribution is -2.52. The average molecular weight is 368 g/mol. The molecule has 0 spiro atoms. The first-order valence-corrected chi connectivity index (χ1v) is 9.96. The summed E-state index contributed by atoms with van der Waals surface area (Å²) in [4.78, 5) is 6.30. The summed E-state index contributed by atoms with van der Waals surface area (Å²) in [5, 5.41) is 8.21. The third-order valence-corrected chi connectivity index (χ3v) is 5.69. The van der Waals surface area contributed by atoms with Gasteiger partial charge in [-0.05, 0) is 24.4 Å². The van der Waals surface area contributed by atoms with E-state index < -0.39 is 10.0 Å². The van der Waals surface area contributed by atoms with Gasteiger partial charge in [-0.3, -0.25) is 10.4 Å². The Morgan fingerprint density at radius 2 is 2.12 bits per heavy atom. The van der Waals surface area contributed by atoms with Crippen molar-refractivity contribution in [2.75, 3.05) is 44.3 Å². The number of hydrogen-bond donors (Lipinski definition) is 2. The van der Waals surface area contributed by atoms with E-state index in [2.05, 4.69) is 20.8 Å². The first-order valence-electron chi connectivity index (χ1n) is 7.71. The Morgan fingerprint density at radius 1 is 1.38 bits per heavy atom. The Labute approximate surface area is 147 Å². The molecule has 0 aromatic carbocycles. The van der Waals surface area contributed by atoms with Crippen LogP contribution < -0.4 is 10.7 Å². The minimum atomic E-state index is -3.14.